The van der Waals surface area contributed by atoms with E-state index in [9.17, 15) is 40.8 Å². The Morgan fingerprint density at radius 3 is 1.42 bits per heavy atom. The van der Waals surface area contributed by atoms with Crippen molar-refractivity contribution in [3.63, 3.8) is 0 Å². The van der Waals surface area contributed by atoms with Gasteiger partial charge in [0.1, 0.15) is 40.8 Å². The van der Waals surface area contributed by atoms with Crippen molar-refractivity contribution < 1.29 is 82.8 Å². The third-order valence-electron chi connectivity index (χ3n) is 12.7. The number of halogens is 3. The number of methoxy groups -OCH3 is 4. The van der Waals surface area contributed by atoms with E-state index in [1.54, 1.807) is 113 Å². The summed E-state index contributed by atoms with van der Waals surface area (Å²) >= 11 is 0. The van der Waals surface area contributed by atoms with Crippen molar-refractivity contribution in [3.8, 4) is 28.6 Å². The number of H-pyrrole nitrogens is 1. The van der Waals surface area contributed by atoms with E-state index >= 15 is 0 Å². The van der Waals surface area contributed by atoms with Crippen molar-refractivity contribution in [3.05, 3.63) is 78.0 Å². The van der Waals surface area contributed by atoms with Crippen LogP contribution in [0.1, 0.15) is 146 Å². The van der Waals surface area contributed by atoms with E-state index in [2.05, 4.69) is 44.3 Å². The van der Waals surface area contributed by atoms with Crippen LogP contribution in [0.5, 0.6) is 0 Å². The molecule has 4 heterocycles. The fraction of sp³-hybridized carbons (Fsp3) is 0.593. The van der Waals surface area contributed by atoms with E-state index in [0.29, 0.717) is 46.5 Å². The van der Waals surface area contributed by atoms with Crippen molar-refractivity contribution in [1.82, 2.24) is 39.9 Å². The molecule has 4 amide bonds. The van der Waals surface area contributed by atoms with Crippen LogP contribution in [-0.4, -0.2) is 142 Å². The molecule has 0 aromatic carbocycles. The molecule has 2 fully saturated rings. The summed E-state index contributed by atoms with van der Waals surface area (Å²) < 4.78 is 107. The van der Waals surface area contributed by atoms with Crippen LogP contribution in [0.4, 0.5) is 44.0 Å². The SMILES string of the molecule is COC(Cc1c(-c2cn[nH]c2)ncnc1N(C(=O)OC(C)(C)C)C(=O)OC(C)(C)C)OC.N#CC=C(OS(=O)(=O)C(F)(F)F)C1CCCC1.[C-]#[N+]/C=C(/C1CCCC1)n1cc(-c2ncnc(N(C(=O)OC(C)(C)C)C(=O)OC(C)(C)C)c2CC(OC)OC)cn1. The number of rotatable bonds is 17. The number of carbonyl (C=O) groups is 4. The number of anilines is 2. The number of nitriles is 1. The molecule has 494 valence electrons. The monoisotopic (exact) mass is 1290 g/mol. The van der Waals surface area contributed by atoms with Crippen LogP contribution in [0.2, 0.25) is 0 Å². The molecule has 0 bridgehead atoms. The van der Waals surface area contributed by atoms with E-state index in [4.69, 9.17) is 49.7 Å². The number of alkyl halides is 3. The van der Waals surface area contributed by atoms with Gasteiger partial charge in [0.2, 0.25) is 0 Å². The van der Waals surface area contributed by atoms with Crippen molar-refractivity contribution in [1.29, 1.82) is 5.26 Å². The number of hydrogen-bond acceptors (Lipinski definition) is 22. The molecule has 2 aliphatic carbocycles. The van der Waals surface area contributed by atoms with E-state index in [-0.39, 0.29) is 30.4 Å². The second-order valence-corrected chi connectivity index (χ2v) is 25.9. The predicted octanol–water partition coefficient (Wildman–Crippen LogP) is 12.2. The van der Waals surface area contributed by atoms with Gasteiger partial charge in [-0.3, -0.25) is 9.78 Å². The fourth-order valence-electron chi connectivity index (χ4n) is 8.91. The maximum Gasteiger partial charge on any atom is 0.534 e. The van der Waals surface area contributed by atoms with E-state index in [1.807, 2.05) is 0 Å². The maximum absolute atomic E-state index is 13.5. The zero-order chi connectivity index (χ0) is 67.6. The summed E-state index contributed by atoms with van der Waals surface area (Å²) in [5.41, 5.74) is -5.31. The number of nitrogens with one attached hydrogen (secondary N) is 1. The molecular weight excluding hydrogens is 1210 g/mol. The minimum atomic E-state index is -5.68. The summed E-state index contributed by atoms with van der Waals surface area (Å²) in [5, 5.41) is 19.6. The van der Waals surface area contributed by atoms with Gasteiger partial charge in [-0.1, -0.05) is 25.7 Å². The molecular formula is C59H81F3N12O15S. The number of imide groups is 2. The Kier molecular flexibility index (Phi) is 26.5. The Morgan fingerprint density at radius 2 is 1.08 bits per heavy atom. The van der Waals surface area contributed by atoms with Crippen LogP contribution in [0.3, 0.4) is 0 Å². The lowest BCUT2D eigenvalue weighted by atomic mass is 10.0. The highest BCUT2D eigenvalue weighted by atomic mass is 32.2. The molecule has 0 unspecified atom stereocenters. The van der Waals surface area contributed by atoms with Crippen LogP contribution < -0.4 is 9.80 Å². The van der Waals surface area contributed by atoms with Crippen molar-refractivity contribution in [2.45, 2.75) is 188 Å². The molecule has 2 aliphatic rings. The topological polar surface area (TPSA) is 318 Å². The number of allylic oxidation sites excluding steroid dienone is 3. The Balaban J connectivity index is 0.000000312. The van der Waals surface area contributed by atoms with E-state index in [0.717, 1.165) is 60.1 Å². The quantitative estimate of drug-likeness (QED) is 0.0195. The molecule has 6 rings (SSSR count). The molecule has 1 N–H and O–H groups in total. The normalized spacial score (nSPS) is 14.6. The van der Waals surface area contributed by atoms with Gasteiger partial charge >= 0.3 is 40.0 Å². The first-order valence-electron chi connectivity index (χ1n) is 28.4. The summed E-state index contributed by atoms with van der Waals surface area (Å²) in [6, 6.07) is 1.50. The zero-order valence-corrected chi connectivity index (χ0v) is 54.4. The van der Waals surface area contributed by atoms with E-state index in [1.165, 1.54) is 53.4 Å². The largest absolute Gasteiger partial charge is 0.534 e. The van der Waals surface area contributed by atoms with Gasteiger partial charge in [-0.2, -0.15) is 46.8 Å². The number of aromatic nitrogens is 8. The molecule has 0 spiro atoms. The first-order valence-corrected chi connectivity index (χ1v) is 29.8. The molecule has 27 nitrogen and oxygen atoms in total. The van der Waals surface area contributed by atoms with Gasteiger partial charge < -0.3 is 42.1 Å². The van der Waals surface area contributed by atoms with Crippen LogP contribution in [0, 0.1) is 29.7 Å². The molecule has 2 saturated carbocycles. The van der Waals surface area contributed by atoms with Crippen molar-refractivity contribution in [2.24, 2.45) is 11.8 Å². The lowest BCUT2D eigenvalue weighted by Crippen LogP contribution is -2.45. The van der Waals surface area contributed by atoms with Crippen LogP contribution in [0.15, 0.2) is 55.5 Å². The molecule has 4 aromatic heterocycles. The third-order valence-corrected chi connectivity index (χ3v) is 13.7. The second kappa shape index (κ2) is 32.1. The Morgan fingerprint density at radius 1 is 0.678 bits per heavy atom. The standard InChI is InChI=1S/C29H40N6O6.C21H31N5O6.C9H10F3NO3S/c1-28(2,3)40-26(36)35(27(37)41-29(4,5)6)25-21(14-23(38-8)39-9)24(31-18-32-25)20-15-33-34(17-20)22(16-30-7)19-12-10-11-13-19;1-20(2,3)31-18(27)26(19(28)32-21(4,5)6)17-14(9-15(29-7)30-8)16(22-12-23-17)13-10-24-25-11-13;10-9(11,12)17(14,15)16-8(5-6-13)7-3-1-2-4-7/h15-19,23H,10-14H2,1-6,8-9H3;10-12,15H,9H2,1-8H3,(H,24,25);5,7H,1-4H2/b22-16-;;. The first-order chi connectivity index (χ1) is 41.9. The molecule has 0 radical (unpaired) electrons. The minimum absolute atomic E-state index is 0.00111. The van der Waals surface area contributed by atoms with Gasteiger partial charge in [0.15, 0.2) is 30.4 Å². The molecule has 0 atom stereocenters. The van der Waals surface area contributed by atoms with Gasteiger partial charge in [0.05, 0.1) is 42.5 Å². The number of amides is 4. The van der Waals surface area contributed by atoms with Gasteiger partial charge in [-0.05, 0) is 115 Å². The maximum atomic E-state index is 13.5. The third kappa shape index (κ3) is 22.1. The average Bonchev–Trinajstić information content (AvgIpc) is 1.15. The van der Waals surface area contributed by atoms with Gasteiger partial charge in [-0.15, -0.1) is 0 Å². The number of ether oxygens (including phenoxy) is 8. The minimum Gasteiger partial charge on any atom is -0.443 e. The first kappa shape index (κ1) is 74.4. The highest BCUT2D eigenvalue weighted by molar-refractivity contribution is 7.87. The summed E-state index contributed by atoms with van der Waals surface area (Å²) in [4.78, 5) is 75.6. The summed E-state index contributed by atoms with van der Waals surface area (Å²) in [6.45, 7) is 27.8. The fourth-order valence-corrected chi connectivity index (χ4v) is 9.45. The number of hydrogen-bond donors (Lipinski definition) is 1. The van der Waals surface area contributed by atoms with Crippen LogP contribution >= 0.6 is 0 Å². The highest BCUT2D eigenvalue weighted by Crippen LogP contribution is 2.38. The Labute approximate surface area is 522 Å². The number of carbonyl (C=O) groups excluding carboxylic acids is 4. The smallest absolute Gasteiger partial charge is 0.443 e. The van der Waals surface area contributed by atoms with Crippen molar-refractivity contribution >= 4 is 51.8 Å². The number of aromatic amines is 1. The predicted molar refractivity (Wildman–Crippen MR) is 320 cm³/mol. The van der Waals surface area contributed by atoms with Gasteiger partial charge in [0, 0.05) is 87.5 Å². The van der Waals surface area contributed by atoms with E-state index < -0.39 is 86.7 Å². The molecule has 31 heteroatoms. The second-order valence-electron chi connectivity index (χ2n) is 24.3. The van der Waals surface area contributed by atoms with Crippen LogP contribution in [0.25, 0.3) is 33.1 Å². The van der Waals surface area contributed by atoms with Gasteiger partial charge in [-0.25, -0.2) is 44.0 Å². The summed E-state index contributed by atoms with van der Waals surface area (Å²) in [6.07, 6.45) is 13.2. The molecule has 90 heavy (non-hydrogen) atoms. The Hall–Kier alpha value is -8.10. The van der Waals surface area contributed by atoms with Gasteiger partial charge in [0.25, 0.3) is 0 Å². The average molecular weight is 1290 g/mol. The summed E-state index contributed by atoms with van der Waals surface area (Å²) in [7, 11) is 0.254. The lowest BCUT2D eigenvalue weighted by Gasteiger charge is -2.29. The zero-order valence-electron chi connectivity index (χ0n) is 53.6. The molecule has 0 aliphatic heterocycles. The Bertz CT molecular complexity index is 3260. The van der Waals surface area contributed by atoms with Crippen LogP contribution in [-0.2, 0) is 65.0 Å². The van der Waals surface area contributed by atoms with Crippen molar-refractivity contribution in [2.75, 3.05) is 38.2 Å². The highest BCUT2D eigenvalue weighted by Gasteiger charge is 2.49. The molecule has 0 saturated heterocycles. The number of nitrogens with zero attached hydrogens (tertiary/aromatic N) is 11. The lowest BCUT2D eigenvalue weighted by molar-refractivity contribution is -0.100. The molecule has 4 aromatic rings. The summed E-state index contributed by atoms with van der Waals surface area (Å²) in [5.74, 6) is -0.635.